The maximum absolute atomic E-state index is 12.7. The standard InChI is InChI=1S/C26H27N3O2S/c1-17-10-18(2)12-23(11-17)31-15-21-13-25(32-16-21)26(30)27-14-24-19(3)28-29(20(24)4)22-8-6-5-7-9-22/h5-13,16H,14-15H2,1-4H3,(H,27,30). The molecule has 2 aromatic heterocycles. The Morgan fingerprint density at radius 2 is 1.75 bits per heavy atom. The fourth-order valence-electron chi connectivity index (χ4n) is 3.76. The fraction of sp³-hybridized carbons (Fsp3) is 0.231. The summed E-state index contributed by atoms with van der Waals surface area (Å²) in [6.07, 6.45) is 0. The zero-order valence-corrected chi connectivity index (χ0v) is 19.6. The van der Waals surface area contributed by atoms with Crippen LogP contribution in [0, 0.1) is 27.7 Å². The van der Waals surface area contributed by atoms with Crippen molar-refractivity contribution >= 4 is 17.2 Å². The smallest absolute Gasteiger partial charge is 0.261 e. The van der Waals surface area contributed by atoms with Crippen LogP contribution in [0.25, 0.3) is 5.69 Å². The molecule has 2 heterocycles. The molecular formula is C26H27N3O2S. The quantitative estimate of drug-likeness (QED) is 0.398. The van der Waals surface area contributed by atoms with Crippen molar-refractivity contribution in [1.82, 2.24) is 15.1 Å². The molecule has 5 nitrogen and oxygen atoms in total. The number of amides is 1. The van der Waals surface area contributed by atoms with Crippen molar-refractivity contribution in [3.05, 3.63) is 98.5 Å². The summed E-state index contributed by atoms with van der Waals surface area (Å²) >= 11 is 1.43. The first-order chi connectivity index (χ1) is 15.4. The molecule has 1 N–H and O–H groups in total. The van der Waals surface area contributed by atoms with E-state index in [1.807, 2.05) is 72.4 Å². The fourth-order valence-corrected chi connectivity index (χ4v) is 4.57. The van der Waals surface area contributed by atoms with Gasteiger partial charge in [-0.2, -0.15) is 5.10 Å². The second kappa shape index (κ2) is 9.40. The van der Waals surface area contributed by atoms with Crippen LogP contribution in [-0.4, -0.2) is 15.7 Å². The molecule has 6 heteroatoms. The Bertz CT molecular complexity index is 1220. The lowest BCUT2D eigenvalue weighted by Crippen LogP contribution is -2.22. The van der Waals surface area contributed by atoms with Gasteiger partial charge in [-0.05, 0) is 74.5 Å². The maximum Gasteiger partial charge on any atom is 0.261 e. The molecular weight excluding hydrogens is 418 g/mol. The van der Waals surface area contributed by atoms with Gasteiger partial charge in [0.1, 0.15) is 12.4 Å². The number of nitrogens with one attached hydrogen (secondary N) is 1. The number of thiophene rings is 1. The molecule has 0 radical (unpaired) electrons. The Kier molecular flexibility index (Phi) is 6.42. The normalized spacial score (nSPS) is 10.9. The number of hydrogen-bond donors (Lipinski definition) is 1. The number of benzene rings is 2. The molecule has 0 aliphatic carbocycles. The van der Waals surface area contributed by atoms with Gasteiger partial charge in [-0.15, -0.1) is 11.3 Å². The SMILES string of the molecule is Cc1cc(C)cc(OCc2csc(C(=O)NCc3c(C)nn(-c4ccccc4)c3C)c2)c1. The molecule has 2 aromatic carbocycles. The van der Waals surface area contributed by atoms with Crippen molar-refractivity contribution < 1.29 is 9.53 Å². The summed E-state index contributed by atoms with van der Waals surface area (Å²) < 4.78 is 7.84. The van der Waals surface area contributed by atoms with Crippen LogP contribution in [0.5, 0.6) is 5.75 Å². The summed E-state index contributed by atoms with van der Waals surface area (Å²) in [5, 5.41) is 9.67. The predicted octanol–water partition coefficient (Wildman–Crippen LogP) is 5.68. The molecule has 0 spiro atoms. The Balaban J connectivity index is 1.38. The molecule has 0 fully saturated rings. The van der Waals surface area contributed by atoms with Crippen LogP contribution in [0.4, 0.5) is 0 Å². The zero-order chi connectivity index (χ0) is 22.7. The molecule has 1 amide bonds. The van der Waals surface area contributed by atoms with E-state index in [0.29, 0.717) is 18.0 Å². The summed E-state index contributed by atoms with van der Waals surface area (Å²) in [7, 11) is 0. The first-order valence-corrected chi connectivity index (χ1v) is 11.5. The third-order valence-corrected chi connectivity index (χ3v) is 6.32. The lowest BCUT2D eigenvalue weighted by atomic mass is 10.1. The minimum absolute atomic E-state index is 0.0843. The molecule has 4 rings (SSSR count). The Morgan fingerprint density at radius 3 is 2.47 bits per heavy atom. The zero-order valence-electron chi connectivity index (χ0n) is 18.8. The van der Waals surface area contributed by atoms with Crippen molar-refractivity contribution in [2.24, 2.45) is 0 Å². The molecule has 0 aliphatic rings. The summed E-state index contributed by atoms with van der Waals surface area (Å²) in [6, 6.07) is 18.1. The number of carbonyl (C=O) groups excluding carboxylic acids is 1. The molecule has 0 unspecified atom stereocenters. The van der Waals surface area contributed by atoms with Gasteiger partial charge in [0, 0.05) is 23.4 Å². The summed E-state index contributed by atoms with van der Waals surface area (Å²) in [4.78, 5) is 13.4. The number of aryl methyl sites for hydroxylation is 3. The average Bonchev–Trinajstić information content (AvgIpc) is 3.35. The second-order valence-electron chi connectivity index (χ2n) is 8.01. The predicted molar refractivity (Wildman–Crippen MR) is 129 cm³/mol. The van der Waals surface area contributed by atoms with Crippen LogP contribution in [0.2, 0.25) is 0 Å². The highest BCUT2D eigenvalue weighted by Crippen LogP contribution is 2.21. The molecule has 32 heavy (non-hydrogen) atoms. The van der Waals surface area contributed by atoms with Gasteiger partial charge < -0.3 is 10.1 Å². The van der Waals surface area contributed by atoms with E-state index in [9.17, 15) is 4.79 Å². The lowest BCUT2D eigenvalue weighted by Gasteiger charge is -2.07. The lowest BCUT2D eigenvalue weighted by molar-refractivity contribution is 0.0955. The van der Waals surface area contributed by atoms with Crippen molar-refractivity contribution in [3.8, 4) is 11.4 Å². The van der Waals surface area contributed by atoms with Crippen LogP contribution in [-0.2, 0) is 13.2 Å². The van der Waals surface area contributed by atoms with Gasteiger partial charge in [0.15, 0.2) is 0 Å². The molecule has 0 aliphatic heterocycles. The number of carbonyl (C=O) groups is 1. The van der Waals surface area contributed by atoms with Crippen LogP contribution in [0.15, 0.2) is 60.0 Å². The Morgan fingerprint density at radius 1 is 1.03 bits per heavy atom. The van der Waals surface area contributed by atoms with Gasteiger partial charge in [-0.1, -0.05) is 24.3 Å². The van der Waals surface area contributed by atoms with E-state index in [-0.39, 0.29) is 5.91 Å². The van der Waals surface area contributed by atoms with Crippen molar-refractivity contribution in [2.45, 2.75) is 40.8 Å². The average molecular weight is 446 g/mol. The van der Waals surface area contributed by atoms with Gasteiger partial charge in [0.05, 0.1) is 16.3 Å². The summed E-state index contributed by atoms with van der Waals surface area (Å²) in [6.45, 7) is 8.99. The van der Waals surface area contributed by atoms with Crippen LogP contribution >= 0.6 is 11.3 Å². The third-order valence-electron chi connectivity index (χ3n) is 5.35. The van der Waals surface area contributed by atoms with Gasteiger partial charge in [0.2, 0.25) is 0 Å². The van der Waals surface area contributed by atoms with Crippen LogP contribution in [0.3, 0.4) is 0 Å². The van der Waals surface area contributed by atoms with E-state index in [1.54, 1.807) is 0 Å². The largest absolute Gasteiger partial charge is 0.489 e. The number of para-hydroxylation sites is 1. The van der Waals surface area contributed by atoms with E-state index in [1.165, 1.54) is 22.5 Å². The number of aromatic nitrogens is 2. The van der Waals surface area contributed by atoms with Gasteiger partial charge in [-0.25, -0.2) is 4.68 Å². The van der Waals surface area contributed by atoms with E-state index in [0.717, 1.165) is 34.0 Å². The van der Waals surface area contributed by atoms with E-state index < -0.39 is 0 Å². The Hall–Kier alpha value is -3.38. The van der Waals surface area contributed by atoms with Crippen molar-refractivity contribution in [2.75, 3.05) is 0 Å². The van der Waals surface area contributed by atoms with E-state index in [4.69, 9.17) is 4.74 Å². The number of ether oxygens (including phenoxy) is 1. The third kappa shape index (κ3) is 4.92. The molecule has 4 aromatic rings. The van der Waals surface area contributed by atoms with Gasteiger partial charge in [0.25, 0.3) is 5.91 Å². The second-order valence-corrected chi connectivity index (χ2v) is 8.92. The van der Waals surface area contributed by atoms with E-state index in [2.05, 4.69) is 30.3 Å². The van der Waals surface area contributed by atoms with Crippen molar-refractivity contribution in [3.63, 3.8) is 0 Å². The van der Waals surface area contributed by atoms with Crippen LogP contribution in [0.1, 0.15) is 43.3 Å². The summed E-state index contributed by atoms with van der Waals surface area (Å²) in [5.41, 5.74) is 7.33. The summed E-state index contributed by atoms with van der Waals surface area (Å²) in [5.74, 6) is 0.764. The number of rotatable bonds is 7. The highest BCUT2D eigenvalue weighted by atomic mass is 32.1. The minimum atomic E-state index is -0.0843. The topological polar surface area (TPSA) is 56.1 Å². The van der Waals surface area contributed by atoms with E-state index >= 15 is 0 Å². The monoisotopic (exact) mass is 445 g/mol. The highest BCUT2D eigenvalue weighted by Gasteiger charge is 2.15. The van der Waals surface area contributed by atoms with Crippen molar-refractivity contribution in [1.29, 1.82) is 0 Å². The molecule has 0 saturated heterocycles. The first-order valence-electron chi connectivity index (χ1n) is 10.6. The molecule has 0 saturated carbocycles. The number of nitrogens with zero attached hydrogens (tertiary/aromatic N) is 2. The number of hydrogen-bond acceptors (Lipinski definition) is 4. The first kappa shape index (κ1) is 21.8. The van der Waals surface area contributed by atoms with Crippen LogP contribution < -0.4 is 10.1 Å². The highest BCUT2D eigenvalue weighted by molar-refractivity contribution is 7.12. The van der Waals surface area contributed by atoms with Gasteiger partial charge >= 0.3 is 0 Å². The minimum Gasteiger partial charge on any atom is -0.489 e. The maximum atomic E-state index is 12.7. The molecule has 164 valence electrons. The Labute approximate surface area is 192 Å². The molecule has 0 bridgehead atoms. The molecule has 0 atom stereocenters. The van der Waals surface area contributed by atoms with Gasteiger partial charge in [-0.3, -0.25) is 4.79 Å².